The van der Waals surface area contributed by atoms with Crippen LogP contribution in [0.25, 0.3) is 11.3 Å². The number of rotatable bonds is 6. The first-order valence-electron chi connectivity index (χ1n) is 11.1. The van der Waals surface area contributed by atoms with Crippen LogP contribution in [0.5, 0.6) is 0 Å². The van der Waals surface area contributed by atoms with Crippen LogP contribution in [-0.2, 0) is 4.74 Å². The molecule has 32 heavy (non-hydrogen) atoms. The quantitative estimate of drug-likeness (QED) is 0.641. The number of aryl methyl sites for hydroxylation is 1. The topological polar surface area (TPSA) is 61.5 Å². The van der Waals surface area contributed by atoms with Crippen molar-refractivity contribution in [2.45, 2.75) is 19.4 Å². The number of ether oxygens (including phenoxy) is 1. The Hall–Kier alpha value is -3.03. The normalized spacial score (nSPS) is 18.9. The number of nitrogens with one attached hydrogen (secondary N) is 1. The average Bonchev–Trinajstić information content (AvgIpc) is 3.34. The van der Waals surface area contributed by atoms with E-state index in [1.165, 1.54) is 12.1 Å². The number of carbonyl (C=O) groups is 1. The molecule has 0 spiro atoms. The second-order valence-corrected chi connectivity index (χ2v) is 8.49. The van der Waals surface area contributed by atoms with Crippen molar-refractivity contribution in [1.29, 1.82) is 0 Å². The number of nitrogens with zero attached hydrogens (tertiary/aromatic N) is 3. The zero-order valence-corrected chi connectivity index (χ0v) is 18.2. The Morgan fingerprint density at radius 2 is 1.91 bits per heavy atom. The Bertz CT molecular complexity index is 1110. The highest BCUT2D eigenvalue weighted by atomic mass is 19.1. The molecule has 1 fully saturated rings. The summed E-state index contributed by atoms with van der Waals surface area (Å²) in [4.78, 5) is 17.6. The van der Waals surface area contributed by atoms with E-state index in [9.17, 15) is 9.18 Å². The molecule has 1 N–H and O–H groups in total. The Labute approximate surface area is 187 Å². The van der Waals surface area contributed by atoms with Gasteiger partial charge in [-0.15, -0.1) is 0 Å². The summed E-state index contributed by atoms with van der Waals surface area (Å²) in [6.45, 7) is 6.88. The Kier molecular flexibility index (Phi) is 5.76. The smallest absolute Gasteiger partial charge is 0.273 e. The molecule has 2 aliphatic heterocycles. The summed E-state index contributed by atoms with van der Waals surface area (Å²) >= 11 is 0. The van der Waals surface area contributed by atoms with Gasteiger partial charge in [0.15, 0.2) is 0 Å². The summed E-state index contributed by atoms with van der Waals surface area (Å²) in [5, 5.41) is 7.46. The van der Waals surface area contributed by atoms with Gasteiger partial charge in [0, 0.05) is 37.3 Å². The Morgan fingerprint density at radius 3 is 2.66 bits per heavy atom. The summed E-state index contributed by atoms with van der Waals surface area (Å²) in [6.07, 6.45) is 0.842. The molecule has 1 saturated heterocycles. The summed E-state index contributed by atoms with van der Waals surface area (Å²) in [5.41, 5.74) is 4.94. The van der Waals surface area contributed by atoms with Gasteiger partial charge in [-0.3, -0.25) is 14.8 Å². The van der Waals surface area contributed by atoms with Gasteiger partial charge in [-0.2, -0.15) is 5.10 Å². The summed E-state index contributed by atoms with van der Waals surface area (Å²) < 4.78 is 19.6. The number of aromatic nitrogens is 2. The highest BCUT2D eigenvalue weighted by Crippen LogP contribution is 2.42. The van der Waals surface area contributed by atoms with Crippen molar-refractivity contribution in [3.63, 3.8) is 0 Å². The molecule has 2 aromatic carbocycles. The van der Waals surface area contributed by atoms with Gasteiger partial charge in [0.25, 0.3) is 5.91 Å². The van der Waals surface area contributed by atoms with Crippen molar-refractivity contribution in [2.75, 3.05) is 39.4 Å². The molecule has 1 amide bonds. The molecule has 7 heteroatoms. The molecule has 166 valence electrons. The van der Waals surface area contributed by atoms with Gasteiger partial charge in [-0.05, 0) is 31.0 Å². The van der Waals surface area contributed by atoms with Crippen LogP contribution in [0.2, 0.25) is 0 Å². The van der Waals surface area contributed by atoms with Crippen LogP contribution in [-0.4, -0.2) is 65.3 Å². The number of benzene rings is 2. The maximum atomic E-state index is 14.2. The van der Waals surface area contributed by atoms with Crippen LogP contribution in [0.4, 0.5) is 4.39 Å². The third-order valence-corrected chi connectivity index (χ3v) is 6.33. The van der Waals surface area contributed by atoms with Gasteiger partial charge in [0.05, 0.1) is 24.9 Å². The first-order chi connectivity index (χ1) is 15.6. The van der Waals surface area contributed by atoms with Crippen molar-refractivity contribution >= 4 is 5.91 Å². The molecule has 3 heterocycles. The lowest BCUT2D eigenvalue weighted by atomic mass is 9.95. The largest absolute Gasteiger partial charge is 0.379 e. The van der Waals surface area contributed by atoms with Crippen LogP contribution in [0.1, 0.15) is 39.6 Å². The molecule has 0 saturated carbocycles. The highest BCUT2D eigenvalue weighted by Gasteiger charge is 2.42. The zero-order valence-electron chi connectivity index (χ0n) is 18.2. The molecule has 1 unspecified atom stereocenters. The number of carbonyl (C=O) groups excluding carboxylic acids is 1. The van der Waals surface area contributed by atoms with Crippen molar-refractivity contribution < 1.29 is 13.9 Å². The molecule has 1 aromatic heterocycles. The highest BCUT2D eigenvalue weighted by molar-refractivity contribution is 6.00. The minimum absolute atomic E-state index is 0.0814. The van der Waals surface area contributed by atoms with Crippen LogP contribution >= 0.6 is 0 Å². The van der Waals surface area contributed by atoms with Crippen LogP contribution in [0.3, 0.4) is 0 Å². The molecule has 1 atom stereocenters. The van der Waals surface area contributed by atoms with Gasteiger partial charge in [-0.1, -0.05) is 42.0 Å². The molecular formula is C25H27FN4O2. The van der Waals surface area contributed by atoms with E-state index < -0.39 is 0 Å². The second kappa shape index (κ2) is 8.84. The van der Waals surface area contributed by atoms with E-state index in [-0.39, 0.29) is 17.8 Å². The van der Waals surface area contributed by atoms with E-state index in [0.29, 0.717) is 12.2 Å². The molecule has 0 aliphatic carbocycles. The number of H-pyrrole nitrogens is 1. The van der Waals surface area contributed by atoms with Gasteiger partial charge >= 0.3 is 0 Å². The van der Waals surface area contributed by atoms with Gasteiger partial charge in [0.2, 0.25) is 0 Å². The van der Waals surface area contributed by atoms with Gasteiger partial charge in [0.1, 0.15) is 11.5 Å². The molecule has 0 bridgehead atoms. The maximum absolute atomic E-state index is 14.2. The first kappa shape index (κ1) is 20.8. The fourth-order valence-electron chi connectivity index (χ4n) is 4.67. The lowest BCUT2D eigenvalue weighted by Gasteiger charge is -2.29. The minimum Gasteiger partial charge on any atom is -0.379 e. The number of aromatic amines is 1. The fourth-order valence-corrected chi connectivity index (χ4v) is 4.67. The van der Waals surface area contributed by atoms with Gasteiger partial charge < -0.3 is 9.64 Å². The third kappa shape index (κ3) is 3.94. The number of halogens is 1. The van der Waals surface area contributed by atoms with Crippen LogP contribution in [0.15, 0.2) is 48.5 Å². The lowest BCUT2D eigenvalue weighted by Crippen LogP contribution is -2.38. The maximum Gasteiger partial charge on any atom is 0.273 e. The third-order valence-electron chi connectivity index (χ3n) is 6.33. The molecule has 0 radical (unpaired) electrons. The molecule has 3 aromatic rings. The monoisotopic (exact) mass is 434 g/mol. The van der Waals surface area contributed by atoms with E-state index in [1.807, 2.05) is 42.2 Å². The van der Waals surface area contributed by atoms with Crippen molar-refractivity contribution in [3.8, 4) is 11.3 Å². The van der Waals surface area contributed by atoms with Gasteiger partial charge in [-0.25, -0.2) is 4.39 Å². The molecule has 6 nitrogen and oxygen atoms in total. The lowest BCUT2D eigenvalue weighted by molar-refractivity contribution is 0.0354. The van der Waals surface area contributed by atoms with Crippen LogP contribution < -0.4 is 0 Å². The molecule has 2 aliphatic rings. The first-order valence-corrected chi connectivity index (χ1v) is 11.1. The second-order valence-electron chi connectivity index (χ2n) is 8.49. The Balaban J connectivity index is 1.47. The summed E-state index contributed by atoms with van der Waals surface area (Å²) in [5.74, 6) is -0.390. The number of hydrogen-bond acceptors (Lipinski definition) is 4. The molecular weight excluding hydrogens is 407 g/mol. The number of fused-ring (bicyclic) bond motifs is 1. The number of morpholine rings is 1. The number of amides is 1. The van der Waals surface area contributed by atoms with Crippen LogP contribution in [0, 0.1) is 12.7 Å². The zero-order chi connectivity index (χ0) is 22.1. The van der Waals surface area contributed by atoms with E-state index in [2.05, 4.69) is 15.1 Å². The minimum atomic E-state index is -0.368. The van der Waals surface area contributed by atoms with Crippen molar-refractivity contribution in [1.82, 2.24) is 20.0 Å². The standard InChI is InChI=1S/C25H27FN4O2/c1-17-6-8-18(9-7-17)22-21-23(28-27-22)25(31)30(11-3-10-29-12-14-32-15-13-29)24(21)19-4-2-5-20(26)16-19/h2,4-9,16,24H,3,10-15H2,1H3,(H,27,28). The summed E-state index contributed by atoms with van der Waals surface area (Å²) in [7, 11) is 0. The summed E-state index contributed by atoms with van der Waals surface area (Å²) in [6, 6.07) is 14.3. The van der Waals surface area contributed by atoms with E-state index >= 15 is 0 Å². The van der Waals surface area contributed by atoms with E-state index in [4.69, 9.17) is 4.74 Å². The SMILES string of the molecule is Cc1ccc(-c2n[nH]c3c2C(c2cccc(F)c2)N(CCCN2CCOCC2)C3=O)cc1. The predicted octanol–water partition coefficient (Wildman–Crippen LogP) is 3.79. The molecule has 5 rings (SSSR count). The Morgan fingerprint density at radius 1 is 1.12 bits per heavy atom. The predicted molar refractivity (Wildman–Crippen MR) is 120 cm³/mol. The average molecular weight is 435 g/mol. The fraction of sp³-hybridized carbons (Fsp3) is 0.360. The number of hydrogen-bond donors (Lipinski definition) is 1. The van der Waals surface area contributed by atoms with E-state index in [1.54, 1.807) is 6.07 Å². The van der Waals surface area contributed by atoms with E-state index in [0.717, 1.165) is 67.2 Å². The van der Waals surface area contributed by atoms with Crippen molar-refractivity contribution in [2.24, 2.45) is 0 Å². The van der Waals surface area contributed by atoms with Crippen molar-refractivity contribution in [3.05, 3.63) is 76.7 Å².